The fourth-order valence-corrected chi connectivity index (χ4v) is 7.64. The van der Waals surface area contributed by atoms with E-state index in [1.54, 1.807) is 30.3 Å². The van der Waals surface area contributed by atoms with Gasteiger partial charge in [-0.05, 0) is 72.8 Å². The van der Waals surface area contributed by atoms with Crippen molar-refractivity contribution in [3.8, 4) is 0 Å². The van der Waals surface area contributed by atoms with Gasteiger partial charge in [-0.2, -0.15) is 0 Å². The van der Waals surface area contributed by atoms with Crippen LogP contribution in [0.4, 0.5) is 10.1 Å². The molecule has 8 nitrogen and oxygen atoms in total. The average Bonchev–Trinajstić information content (AvgIpc) is 3.44. The molecule has 0 bridgehead atoms. The zero-order valence-electron chi connectivity index (χ0n) is 26.4. The van der Waals surface area contributed by atoms with Crippen LogP contribution in [0, 0.1) is 17.2 Å². The second-order valence-electron chi connectivity index (χ2n) is 14.3. The summed E-state index contributed by atoms with van der Waals surface area (Å²) in [4.78, 5) is 40.9. The van der Waals surface area contributed by atoms with Crippen LogP contribution in [-0.2, 0) is 24.5 Å². The second kappa shape index (κ2) is 12.8. The molecule has 45 heavy (non-hydrogen) atoms. The molecular weight excluding hydrogens is 618 g/mol. The fraction of sp³-hybridized carbons (Fsp3) is 0.559. The SMILES string of the molecule is CC(C)C(N)C(=O)OC1CCC(NC(=O)C2NC(CC(C)(C)C)C3(C(=O)Nc4cc(Cl)ccc43)C2c2cccc(Cl)c2F)CC1. The minimum Gasteiger partial charge on any atom is -0.461 e. The van der Waals surface area contributed by atoms with Gasteiger partial charge in [0, 0.05) is 28.7 Å². The molecule has 2 aliphatic heterocycles. The third-order valence-corrected chi connectivity index (χ3v) is 10.0. The number of rotatable bonds is 7. The molecular formula is C34H43Cl2FN4O4. The van der Waals surface area contributed by atoms with Gasteiger partial charge in [0.05, 0.1) is 11.1 Å². The Morgan fingerprint density at radius 2 is 1.82 bits per heavy atom. The molecule has 5 unspecified atom stereocenters. The zero-order valence-corrected chi connectivity index (χ0v) is 27.9. The lowest BCUT2D eigenvalue weighted by Crippen LogP contribution is -2.50. The van der Waals surface area contributed by atoms with E-state index in [0.29, 0.717) is 48.4 Å². The minimum absolute atomic E-state index is 0.0272. The van der Waals surface area contributed by atoms with E-state index < -0.39 is 41.2 Å². The lowest BCUT2D eigenvalue weighted by molar-refractivity contribution is -0.153. The van der Waals surface area contributed by atoms with Crippen molar-refractivity contribution in [3.05, 3.63) is 63.4 Å². The van der Waals surface area contributed by atoms with Crippen molar-refractivity contribution in [3.63, 3.8) is 0 Å². The van der Waals surface area contributed by atoms with Gasteiger partial charge in [0.15, 0.2) is 0 Å². The summed E-state index contributed by atoms with van der Waals surface area (Å²) in [5.74, 6) is -2.65. The van der Waals surface area contributed by atoms with Gasteiger partial charge in [-0.3, -0.25) is 14.4 Å². The lowest BCUT2D eigenvalue weighted by Gasteiger charge is -2.38. The molecule has 0 aromatic heterocycles. The summed E-state index contributed by atoms with van der Waals surface area (Å²) in [6.07, 6.45) is 2.63. The summed E-state index contributed by atoms with van der Waals surface area (Å²) in [6.45, 7) is 9.95. The van der Waals surface area contributed by atoms with Gasteiger partial charge < -0.3 is 26.4 Å². The zero-order chi connectivity index (χ0) is 32.8. The maximum absolute atomic E-state index is 16.0. The quantitative estimate of drug-likeness (QED) is 0.277. The molecule has 2 fully saturated rings. The maximum Gasteiger partial charge on any atom is 0.323 e. The Bertz CT molecular complexity index is 1470. The molecule has 1 saturated heterocycles. The molecule has 2 heterocycles. The first-order valence-corrected chi connectivity index (χ1v) is 16.5. The number of amides is 2. The Balaban J connectivity index is 1.48. The van der Waals surface area contributed by atoms with E-state index in [4.69, 9.17) is 33.7 Å². The average molecular weight is 662 g/mol. The number of benzene rings is 2. The molecule has 1 spiro atoms. The van der Waals surface area contributed by atoms with Crippen molar-refractivity contribution in [2.24, 2.45) is 17.1 Å². The number of nitrogens with two attached hydrogens (primary N) is 1. The van der Waals surface area contributed by atoms with Gasteiger partial charge >= 0.3 is 5.97 Å². The monoisotopic (exact) mass is 660 g/mol. The van der Waals surface area contributed by atoms with Crippen molar-refractivity contribution < 1.29 is 23.5 Å². The number of fused-ring (bicyclic) bond motifs is 2. The van der Waals surface area contributed by atoms with Crippen molar-refractivity contribution in [1.82, 2.24) is 10.6 Å². The molecule has 0 radical (unpaired) electrons. The first-order valence-electron chi connectivity index (χ1n) is 15.7. The summed E-state index contributed by atoms with van der Waals surface area (Å²) in [6, 6.07) is 7.60. The van der Waals surface area contributed by atoms with Crippen LogP contribution in [0.15, 0.2) is 36.4 Å². The lowest BCUT2D eigenvalue weighted by atomic mass is 9.62. The Hall–Kier alpha value is -2.72. The molecule has 244 valence electrons. The highest BCUT2D eigenvalue weighted by Gasteiger charge is 2.66. The number of halogens is 3. The van der Waals surface area contributed by atoms with Crippen LogP contribution < -0.4 is 21.7 Å². The molecule has 2 aromatic rings. The molecule has 2 aromatic carbocycles. The van der Waals surface area contributed by atoms with Crippen molar-refractivity contribution in [2.45, 2.75) is 108 Å². The number of anilines is 1. The van der Waals surface area contributed by atoms with Crippen LogP contribution in [-0.4, -0.2) is 48.1 Å². The molecule has 2 amide bonds. The van der Waals surface area contributed by atoms with Gasteiger partial charge in [-0.1, -0.05) is 76.0 Å². The van der Waals surface area contributed by atoms with Gasteiger partial charge in [0.25, 0.3) is 0 Å². The summed E-state index contributed by atoms with van der Waals surface area (Å²) < 4.78 is 21.6. The second-order valence-corrected chi connectivity index (χ2v) is 15.1. The Kier molecular flexibility index (Phi) is 9.58. The Labute approximate surface area is 274 Å². The van der Waals surface area contributed by atoms with Gasteiger partial charge in [-0.15, -0.1) is 0 Å². The van der Waals surface area contributed by atoms with E-state index in [2.05, 4.69) is 36.7 Å². The van der Waals surface area contributed by atoms with E-state index in [1.807, 2.05) is 13.8 Å². The highest BCUT2D eigenvalue weighted by Crippen LogP contribution is 2.57. The number of hydrogen-bond donors (Lipinski definition) is 4. The van der Waals surface area contributed by atoms with Crippen molar-refractivity contribution in [1.29, 1.82) is 0 Å². The first kappa shape index (κ1) is 33.6. The molecule has 1 aliphatic carbocycles. The van der Waals surface area contributed by atoms with Gasteiger partial charge in [0.1, 0.15) is 23.4 Å². The third-order valence-electron chi connectivity index (χ3n) is 9.51. The molecule has 5 rings (SSSR count). The van der Waals surface area contributed by atoms with Crippen LogP contribution in [0.2, 0.25) is 10.0 Å². The smallest absolute Gasteiger partial charge is 0.323 e. The summed E-state index contributed by atoms with van der Waals surface area (Å²) in [5.41, 5.74) is 5.81. The molecule has 11 heteroatoms. The first-order chi connectivity index (χ1) is 21.1. The van der Waals surface area contributed by atoms with E-state index in [0.717, 1.165) is 0 Å². The van der Waals surface area contributed by atoms with E-state index in [9.17, 15) is 14.4 Å². The number of esters is 1. The van der Waals surface area contributed by atoms with Crippen molar-refractivity contribution >= 4 is 46.7 Å². The number of carbonyl (C=O) groups excluding carboxylic acids is 3. The summed E-state index contributed by atoms with van der Waals surface area (Å²) in [5, 5.41) is 10.1. The minimum atomic E-state index is -1.32. The standard InChI is InChI=1S/C34H43Cl2FN4O4/c1-17(2)28(38)31(43)45-20-12-10-19(11-13-20)39-30(42)29-26(21-7-6-8-23(36)27(21)37)34(25(41-29)16-33(3,4)5)22-14-9-18(35)15-24(22)40-32(34)44/h6-9,14-15,17,19-20,25-26,28-29,41H,10-13,16,38H2,1-5H3,(H,39,42)(H,40,44). The number of hydrogen-bond acceptors (Lipinski definition) is 6. The maximum atomic E-state index is 16.0. The Morgan fingerprint density at radius 1 is 1.13 bits per heavy atom. The van der Waals surface area contributed by atoms with Crippen LogP contribution in [0.25, 0.3) is 0 Å². The van der Waals surface area contributed by atoms with Gasteiger partial charge in [-0.25, -0.2) is 4.39 Å². The van der Waals surface area contributed by atoms with Crippen LogP contribution in [0.5, 0.6) is 0 Å². The number of carbonyl (C=O) groups is 3. The summed E-state index contributed by atoms with van der Waals surface area (Å²) >= 11 is 12.6. The normalized spacial score (nSPS) is 28.6. The number of ether oxygens (including phenoxy) is 1. The topological polar surface area (TPSA) is 123 Å². The van der Waals surface area contributed by atoms with E-state index in [-0.39, 0.29) is 45.9 Å². The fourth-order valence-electron chi connectivity index (χ4n) is 7.28. The third kappa shape index (κ3) is 6.46. The van der Waals surface area contributed by atoms with Crippen molar-refractivity contribution in [2.75, 3.05) is 5.32 Å². The summed E-state index contributed by atoms with van der Waals surface area (Å²) in [7, 11) is 0. The highest BCUT2D eigenvalue weighted by molar-refractivity contribution is 6.31. The largest absolute Gasteiger partial charge is 0.461 e. The van der Waals surface area contributed by atoms with Crippen LogP contribution in [0.1, 0.15) is 83.8 Å². The van der Waals surface area contributed by atoms with E-state index >= 15 is 4.39 Å². The predicted octanol–water partition coefficient (Wildman–Crippen LogP) is 5.84. The Morgan fingerprint density at radius 3 is 2.47 bits per heavy atom. The highest BCUT2D eigenvalue weighted by atomic mass is 35.5. The van der Waals surface area contributed by atoms with Crippen LogP contribution >= 0.6 is 23.2 Å². The molecule has 5 atom stereocenters. The molecule has 3 aliphatic rings. The van der Waals surface area contributed by atoms with Crippen LogP contribution in [0.3, 0.4) is 0 Å². The van der Waals surface area contributed by atoms with E-state index in [1.165, 1.54) is 6.07 Å². The molecule has 1 saturated carbocycles. The van der Waals surface area contributed by atoms with Gasteiger partial charge in [0.2, 0.25) is 11.8 Å². The molecule has 5 N–H and O–H groups in total. The predicted molar refractivity (Wildman–Crippen MR) is 174 cm³/mol. The number of nitrogens with one attached hydrogen (secondary N) is 3.